The number of anilines is 1. The first-order chi connectivity index (χ1) is 11.5. The normalized spacial score (nSPS) is 17.2. The molecule has 0 bridgehead atoms. The molecule has 0 saturated heterocycles. The average Bonchev–Trinajstić information content (AvgIpc) is 2.89. The van der Waals surface area contributed by atoms with Crippen LogP contribution in [0, 0.1) is 0 Å². The van der Waals surface area contributed by atoms with Gasteiger partial charge in [0.05, 0.1) is 5.56 Å². The number of rotatable bonds is 3. The molecule has 1 amide bonds. The number of benzene rings is 2. The van der Waals surface area contributed by atoms with Gasteiger partial charge in [-0.15, -0.1) is 0 Å². The molecule has 1 heterocycles. The fraction of sp³-hybridized carbons (Fsp3) is 0.263. The Morgan fingerprint density at radius 3 is 2.71 bits per heavy atom. The van der Waals surface area contributed by atoms with Gasteiger partial charge < -0.3 is 14.7 Å². The summed E-state index contributed by atoms with van der Waals surface area (Å²) in [5.41, 5.74) is 2.20. The van der Waals surface area contributed by atoms with E-state index in [0.29, 0.717) is 0 Å². The highest BCUT2D eigenvalue weighted by Crippen LogP contribution is 2.32. The second kappa shape index (κ2) is 6.35. The summed E-state index contributed by atoms with van der Waals surface area (Å²) < 4.78 is 5.29. The Balaban J connectivity index is 1.75. The first-order valence-electron chi connectivity index (χ1n) is 7.88. The van der Waals surface area contributed by atoms with Gasteiger partial charge in [0.25, 0.3) is 5.91 Å². The zero-order valence-corrected chi connectivity index (χ0v) is 13.6. The standard InChI is InChI=1S/C19H19NO4/c1-12-10-14-6-3-4-9-17(14)20(12)18(22)13(2)24-19(23)15-7-5-8-16(21)11-15/h3-9,11-13,21H,10H2,1-2H3/t12-,13-/m1/s1. The predicted octanol–water partition coefficient (Wildman–Crippen LogP) is 2.92. The molecule has 0 radical (unpaired) electrons. The van der Waals surface area contributed by atoms with Gasteiger partial charge in [-0.05, 0) is 50.1 Å². The summed E-state index contributed by atoms with van der Waals surface area (Å²) in [6.07, 6.45) is -0.122. The Morgan fingerprint density at radius 1 is 1.21 bits per heavy atom. The maximum Gasteiger partial charge on any atom is 0.339 e. The molecule has 24 heavy (non-hydrogen) atoms. The van der Waals surface area contributed by atoms with Crippen LogP contribution in [0.1, 0.15) is 29.8 Å². The number of fused-ring (bicyclic) bond motifs is 1. The van der Waals surface area contributed by atoms with E-state index in [-0.39, 0.29) is 23.3 Å². The number of ether oxygens (including phenoxy) is 1. The summed E-state index contributed by atoms with van der Waals surface area (Å²) in [7, 11) is 0. The third kappa shape index (κ3) is 2.97. The molecule has 124 valence electrons. The van der Waals surface area contributed by atoms with Crippen LogP contribution in [0.2, 0.25) is 0 Å². The molecule has 2 aromatic carbocycles. The molecule has 0 saturated carbocycles. The first kappa shape index (κ1) is 16.1. The molecular formula is C19H19NO4. The van der Waals surface area contributed by atoms with E-state index in [0.717, 1.165) is 17.7 Å². The number of amides is 1. The van der Waals surface area contributed by atoms with Gasteiger partial charge >= 0.3 is 5.97 Å². The minimum atomic E-state index is -0.909. The van der Waals surface area contributed by atoms with E-state index in [9.17, 15) is 14.7 Å². The molecule has 3 rings (SSSR count). The fourth-order valence-electron chi connectivity index (χ4n) is 3.01. The SMILES string of the molecule is C[C@@H]1Cc2ccccc2N1C(=O)[C@@H](C)OC(=O)c1cccc(O)c1. The lowest BCUT2D eigenvalue weighted by Gasteiger charge is -2.25. The highest BCUT2D eigenvalue weighted by molar-refractivity contribution is 6.01. The van der Waals surface area contributed by atoms with E-state index >= 15 is 0 Å². The second-order valence-electron chi connectivity index (χ2n) is 5.99. The number of carbonyl (C=O) groups is 2. The molecule has 5 heteroatoms. The van der Waals surface area contributed by atoms with Gasteiger partial charge in [0.15, 0.2) is 6.10 Å². The van der Waals surface area contributed by atoms with Gasteiger partial charge in [-0.1, -0.05) is 24.3 Å². The largest absolute Gasteiger partial charge is 0.508 e. The van der Waals surface area contributed by atoms with Gasteiger partial charge in [0.1, 0.15) is 5.75 Å². The van der Waals surface area contributed by atoms with E-state index in [1.807, 2.05) is 31.2 Å². The maximum atomic E-state index is 12.8. The van der Waals surface area contributed by atoms with E-state index in [1.54, 1.807) is 17.9 Å². The molecule has 1 aliphatic heterocycles. The molecule has 2 atom stereocenters. The highest BCUT2D eigenvalue weighted by Gasteiger charge is 2.34. The number of para-hydroxylation sites is 1. The Labute approximate surface area is 140 Å². The van der Waals surface area contributed by atoms with Crippen molar-refractivity contribution in [1.29, 1.82) is 0 Å². The topological polar surface area (TPSA) is 66.8 Å². The number of phenols is 1. The Bertz CT molecular complexity index is 786. The van der Waals surface area contributed by atoms with Crippen molar-refractivity contribution < 1.29 is 19.4 Å². The summed E-state index contributed by atoms with van der Waals surface area (Å²) in [5, 5.41) is 9.44. The van der Waals surface area contributed by atoms with E-state index in [4.69, 9.17) is 4.74 Å². The van der Waals surface area contributed by atoms with Crippen LogP contribution in [0.3, 0.4) is 0 Å². The predicted molar refractivity (Wildman–Crippen MR) is 90.1 cm³/mol. The number of nitrogens with zero attached hydrogens (tertiary/aromatic N) is 1. The monoisotopic (exact) mass is 325 g/mol. The zero-order chi connectivity index (χ0) is 17.3. The smallest absolute Gasteiger partial charge is 0.339 e. The van der Waals surface area contributed by atoms with Crippen molar-refractivity contribution in [1.82, 2.24) is 0 Å². The summed E-state index contributed by atoms with van der Waals surface area (Å²) in [5.74, 6) is -0.904. The first-order valence-corrected chi connectivity index (χ1v) is 7.88. The summed E-state index contributed by atoms with van der Waals surface area (Å²) in [6, 6.07) is 13.6. The Morgan fingerprint density at radius 2 is 1.96 bits per heavy atom. The van der Waals surface area contributed by atoms with Crippen LogP contribution >= 0.6 is 0 Å². The number of esters is 1. The van der Waals surface area contributed by atoms with Crippen LogP contribution in [-0.4, -0.2) is 29.1 Å². The van der Waals surface area contributed by atoms with Gasteiger partial charge in [-0.3, -0.25) is 4.79 Å². The quantitative estimate of drug-likeness (QED) is 0.881. The van der Waals surface area contributed by atoms with Gasteiger partial charge in [0.2, 0.25) is 0 Å². The molecule has 2 aromatic rings. The molecule has 0 aromatic heterocycles. The van der Waals surface area contributed by atoms with Crippen LogP contribution in [0.4, 0.5) is 5.69 Å². The van der Waals surface area contributed by atoms with Crippen molar-refractivity contribution in [3.63, 3.8) is 0 Å². The van der Waals surface area contributed by atoms with Crippen molar-refractivity contribution in [3.05, 3.63) is 59.7 Å². The van der Waals surface area contributed by atoms with Gasteiger partial charge in [-0.25, -0.2) is 4.79 Å². The number of hydrogen-bond acceptors (Lipinski definition) is 4. The van der Waals surface area contributed by atoms with Crippen molar-refractivity contribution >= 4 is 17.6 Å². The molecular weight excluding hydrogens is 306 g/mol. The van der Waals surface area contributed by atoms with Crippen molar-refractivity contribution in [3.8, 4) is 5.75 Å². The lowest BCUT2D eigenvalue weighted by Crippen LogP contribution is -2.43. The summed E-state index contributed by atoms with van der Waals surface area (Å²) in [6.45, 7) is 3.54. The van der Waals surface area contributed by atoms with Crippen molar-refractivity contribution in [2.24, 2.45) is 0 Å². The Hall–Kier alpha value is -2.82. The second-order valence-corrected chi connectivity index (χ2v) is 5.99. The van der Waals surface area contributed by atoms with Crippen molar-refractivity contribution in [2.75, 3.05) is 4.90 Å². The number of aromatic hydroxyl groups is 1. The van der Waals surface area contributed by atoms with Crippen molar-refractivity contribution in [2.45, 2.75) is 32.4 Å². The minimum Gasteiger partial charge on any atom is -0.508 e. The van der Waals surface area contributed by atoms with Crippen LogP contribution in [-0.2, 0) is 16.0 Å². The molecule has 0 aliphatic carbocycles. The summed E-state index contributed by atoms with van der Waals surface area (Å²) >= 11 is 0. The van der Waals surface area contributed by atoms with Crippen LogP contribution in [0.15, 0.2) is 48.5 Å². The summed E-state index contributed by atoms with van der Waals surface area (Å²) in [4.78, 5) is 26.6. The molecule has 0 fully saturated rings. The number of hydrogen-bond donors (Lipinski definition) is 1. The van der Waals surface area contributed by atoms with E-state index in [1.165, 1.54) is 18.2 Å². The third-order valence-corrected chi connectivity index (χ3v) is 4.16. The lowest BCUT2D eigenvalue weighted by atomic mass is 10.1. The van der Waals surface area contributed by atoms with Crippen LogP contribution < -0.4 is 4.90 Å². The fourth-order valence-corrected chi connectivity index (χ4v) is 3.01. The molecule has 0 spiro atoms. The molecule has 1 aliphatic rings. The van der Waals surface area contributed by atoms with Crippen LogP contribution in [0.5, 0.6) is 5.75 Å². The third-order valence-electron chi connectivity index (χ3n) is 4.16. The molecule has 5 nitrogen and oxygen atoms in total. The van der Waals surface area contributed by atoms with Gasteiger partial charge in [0, 0.05) is 11.7 Å². The minimum absolute atomic E-state index is 0.0227. The van der Waals surface area contributed by atoms with Gasteiger partial charge in [-0.2, -0.15) is 0 Å². The molecule has 0 unspecified atom stereocenters. The average molecular weight is 325 g/mol. The number of phenolic OH excluding ortho intramolecular Hbond substituents is 1. The molecule has 1 N–H and O–H groups in total. The van der Waals surface area contributed by atoms with Crippen LogP contribution in [0.25, 0.3) is 0 Å². The maximum absolute atomic E-state index is 12.8. The zero-order valence-electron chi connectivity index (χ0n) is 13.6. The lowest BCUT2D eigenvalue weighted by molar-refractivity contribution is -0.126. The Kier molecular flexibility index (Phi) is 4.25. The number of carbonyl (C=O) groups excluding carboxylic acids is 2. The highest BCUT2D eigenvalue weighted by atomic mass is 16.5. The van der Waals surface area contributed by atoms with E-state index in [2.05, 4.69) is 0 Å². The van der Waals surface area contributed by atoms with E-state index < -0.39 is 12.1 Å².